The topological polar surface area (TPSA) is 41.9 Å². The van der Waals surface area contributed by atoms with Crippen molar-refractivity contribution in [2.75, 3.05) is 18.0 Å². The van der Waals surface area contributed by atoms with Crippen molar-refractivity contribution in [2.24, 2.45) is 0 Å². The number of thiazole rings is 1. The predicted octanol–water partition coefficient (Wildman–Crippen LogP) is 2.93. The fraction of sp³-hybridized carbons (Fsp3) is 0.500. The number of rotatable bonds is 2. The van der Waals surface area contributed by atoms with Gasteiger partial charge in [-0.2, -0.15) is 0 Å². The molecule has 2 aromatic rings. The lowest BCUT2D eigenvalue weighted by atomic mass is 9.99. The van der Waals surface area contributed by atoms with Crippen LogP contribution in [0.4, 0.5) is 5.82 Å². The molecule has 0 aromatic carbocycles. The molecule has 0 N–H and O–H groups in total. The molecule has 100 valence electrons. The smallest absolute Gasteiger partial charge is 0.132 e. The Balaban J connectivity index is 1.81. The first-order valence-electron chi connectivity index (χ1n) is 6.69. The number of piperidine rings is 1. The largest absolute Gasteiger partial charge is 0.356 e. The van der Waals surface area contributed by atoms with E-state index in [9.17, 15) is 0 Å². The van der Waals surface area contributed by atoms with Crippen LogP contribution in [-0.2, 0) is 0 Å². The third-order valence-corrected chi connectivity index (χ3v) is 4.44. The van der Waals surface area contributed by atoms with E-state index in [1.54, 1.807) is 11.3 Å². The molecule has 0 spiro atoms. The van der Waals surface area contributed by atoms with Crippen LogP contribution in [0.15, 0.2) is 17.6 Å². The monoisotopic (exact) mass is 274 g/mol. The van der Waals surface area contributed by atoms with E-state index in [2.05, 4.69) is 31.3 Å². The zero-order valence-corrected chi connectivity index (χ0v) is 12.2. The van der Waals surface area contributed by atoms with E-state index in [4.69, 9.17) is 0 Å². The molecule has 3 rings (SSSR count). The Kier molecular flexibility index (Phi) is 3.46. The van der Waals surface area contributed by atoms with Crippen molar-refractivity contribution in [3.63, 3.8) is 0 Å². The van der Waals surface area contributed by atoms with Crippen molar-refractivity contribution in [2.45, 2.75) is 32.6 Å². The molecule has 5 heteroatoms. The first-order chi connectivity index (χ1) is 9.22. The average Bonchev–Trinajstić information content (AvgIpc) is 2.92. The van der Waals surface area contributed by atoms with Gasteiger partial charge in [-0.15, -0.1) is 11.3 Å². The van der Waals surface area contributed by atoms with Crippen molar-refractivity contribution in [3.8, 4) is 0 Å². The van der Waals surface area contributed by atoms with Crippen molar-refractivity contribution in [1.29, 1.82) is 0 Å². The number of aromatic nitrogens is 3. The second-order valence-corrected chi connectivity index (χ2v) is 6.00. The number of anilines is 1. The minimum atomic E-state index is 0.546. The Bertz CT molecular complexity index is 532. The van der Waals surface area contributed by atoms with E-state index >= 15 is 0 Å². The quantitative estimate of drug-likeness (QED) is 0.844. The van der Waals surface area contributed by atoms with Crippen LogP contribution in [0, 0.1) is 13.8 Å². The maximum atomic E-state index is 4.57. The van der Waals surface area contributed by atoms with E-state index in [1.165, 1.54) is 17.8 Å². The zero-order chi connectivity index (χ0) is 13.2. The number of aryl methyl sites for hydroxylation is 2. The van der Waals surface area contributed by atoms with Gasteiger partial charge in [-0.25, -0.2) is 15.0 Å². The molecule has 0 aliphatic carbocycles. The fourth-order valence-electron chi connectivity index (χ4n) is 2.68. The van der Waals surface area contributed by atoms with Crippen molar-refractivity contribution in [1.82, 2.24) is 15.0 Å². The molecule has 0 saturated carbocycles. The van der Waals surface area contributed by atoms with Crippen LogP contribution in [0.3, 0.4) is 0 Å². The highest BCUT2D eigenvalue weighted by Crippen LogP contribution is 2.30. The van der Waals surface area contributed by atoms with Gasteiger partial charge >= 0.3 is 0 Å². The standard InChI is InChI=1S/C14H18N4S/c1-10-8-13(17-11(2)16-10)18-6-3-4-12(9-18)14-15-5-7-19-14/h5,7-8,12H,3-4,6,9H2,1-2H3/t12-/m1/s1. The molecule has 0 amide bonds. The van der Waals surface area contributed by atoms with Gasteiger partial charge in [-0.3, -0.25) is 0 Å². The summed E-state index contributed by atoms with van der Waals surface area (Å²) in [6.07, 6.45) is 4.33. The van der Waals surface area contributed by atoms with Crippen LogP contribution in [-0.4, -0.2) is 28.0 Å². The van der Waals surface area contributed by atoms with Crippen LogP contribution >= 0.6 is 11.3 Å². The van der Waals surface area contributed by atoms with Gasteiger partial charge in [0, 0.05) is 42.3 Å². The van der Waals surface area contributed by atoms with E-state index in [0.717, 1.165) is 30.4 Å². The molecule has 4 nitrogen and oxygen atoms in total. The van der Waals surface area contributed by atoms with Gasteiger partial charge in [-0.1, -0.05) is 0 Å². The van der Waals surface area contributed by atoms with Crippen LogP contribution in [0.1, 0.15) is 35.3 Å². The molecule has 1 fully saturated rings. The Hall–Kier alpha value is -1.49. The lowest BCUT2D eigenvalue weighted by Crippen LogP contribution is -2.35. The van der Waals surface area contributed by atoms with E-state index < -0.39 is 0 Å². The highest BCUT2D eigenvalue weighted by Gasteiger charge is 2.24. The highest BCUT2D eigenvalue weighted by atomic mass is 32.1. The molecule has 1 saturated heterocycles. The van der Waals surface area contributed by atoms with Crippen molar-refractivity contribution in [3.05, 3.63) is 34.2 Å². The predicted molar refractivity (Wildman–Crippen MR) is 77.8 cm³/mol. The molecule has 1 aliphatic heterocycles. The van der Waals surface area contributed by atoms with Crippen LogP contribution in [0.2, 0.25) is 0 Å². The van der Waals surface area contributed by atoms with Gasteiger partial charge in [-0.05, 0) is 26.7 Å². The van der Waals surface area contributed by atoms with E-state index in [0.29, 0.717) is 5.92 Å². The van der Waals surface area contributed by atoms with Gasteiger partial charge in [0.15, 0.2) is 0 Å². The van der Waals surface area contributed by atoms with Gasteiger partial charge in [0.1, 0.15) is 11.6 Å². The molecule has 1 atom stereocenters. The Morgan fingerprint density at radius 3 is 2.95 bits per heavy atom. The summed E-state index contributed by atoms with van der Waals surface area (Å²) in [5.74, 6) is 2.46. The van der Waals surface area contributed by atoms with Crippen molar-refractivity contribution < 1.29 is 0 Å². The van der Waals surface area contributed by atoms with Crippen molar-refractivity contribution >= 4 is 17.2 Å². The molecule has 1 aliphatic rings. The molecule has 3 heterocycles. The van der Waals surface area contributed by atoms with Crippen LogP contribution in [0.5, 0.6) is 0 Å². The van der Waals surface area contributed by atoms with Gasteiger partial charge in [0.05, 0.1) is 5.01 Å². The summed E-state index contributed by atoms with van der Waals surface area (Å²) in [6.45, 7) is 6.08. The average molecular weight is 274 g/mol. The lowest BCUT2D eigenvalue weighted by Gasteiger charge is -2.32. The second kappa shape index (κ2) is 5.25. The van der Waals surface area contributed by atoms with E-state index in [1.807, 2.05) is 20.0 Å². The lowest BCUT2D eigenvalue weighted by molar-refractivity contribution is 0.505. The minimum Gasteiger partial charge on any atom is -0.356 e. The summed E-state index contributed by atoms with van der Waals surface area (Å²) in [5.41, 5.74) is 1.04. The highest BCUT2D eigenvalue weighted by molar-refractivity contribution is 7.09. The second-order valence-electron chi connectivity index (χ2n) is 5.07. The first kappa shape index (κ1) is 12.5. The molecule has 0 unspecified atom stereocenters. The molecule has 0 bridgehead atoms. The van der Waals surface area contributed by atoms with Gasteiger partial charge < -0.3 is 4.90 Å². The van der Waals surface area contributed by atoms with E-state index in [-0.39, 0.29) is 0 Å². The molecule has 0 radical (unpaired) electrons. The van der Waals surface area contributed by atoms with Crippen LogP contribution in [0.25, 0.3) is 0 Å². The maximum absolute atomic E-state index is 4.57. The van der Waals surface area contributed by atoms with Gasteiger partial charge in [0.2, 0.25) is 0 Å². The number of nitrogens with zero attached hydrogens (tertiary/aromatic N) is 4. The maximum Gasteiger partial charge on any atom is 0.132 e. The third kappa shape index (κ3) is 2.76. The number of hydrogen-bond acceptors (Lipinski definition) is 5. The molecule has 19 heavy (non-hydrogen) atoms. The zero-order valence-electron chi connectivity index (χ0n) is 11.3. The summed E-state index contributed by atoms with van der Waals surface area (Å²) >= 11 is 1.76. The summed E-state index contributed by atoms with van der Waals surface area (Å²) in [4.78, 5) is 15.8. The Labute approximate surface area is 117 Å². The Morgan fingerprint density at radius 2 is 2.21 bits per heavy atom. The molecular weight excluding hydrogens is 256 g/mol. The van der Waals surface area contributed by atoms with Gasteiger partial charge in [0.25, 0.3) is 0 Å². The first-order valence-corrected chi connectivity index (χ1v) is 7.57. The number of hydrogen-bond donors (Lipinski definition) is 0. The molecular formula is C14H18N4S. The summed E-state index contributed by atoms with van der Waals surface area (Å²) in [6, 6.07) is 2.08. The third-order valence-electron chi connectivity index (χ3n) is 3.50. The Morgan fingerprint density at radius 1 is 1.32 bits per heavy atom. The fourth-order valence-corrected chi connectivity index (χ4v) is 3.45. The summed E-state index contributed by atoms with van der Waals surface area (Å²) < 4.78 is 0. The molecule has 2 aromatic heterocycles. The minimum absolute atomic E-state index is 0.546. The SMILES string of the molecule is Cc1cc(N2CCC[C@@H](c3nccs3)C2)nc(C)n1. The summed E-state index contributed by atoms with van der Waals surface area (Å²) in [5, 5.41) is 3.32. The van der Waals surface area contributed by atoms with Crippen LogP contribution < -0.4 is 4.90 Å². The normalized spacial score (nSPS) is 19.7. The summed E-state index contributed by atoms with van der Waals surface area (Å²) in [7, 11) is 0.